The van der Waals surface area contributed by atoms with Gasteiger partial charge in [0.15, 0.2) is 22.9 Å². The number of nitrogens with one attached hydrogen (secondary N) is 2. The monoisotopic (exact) mass is 826 g/mol. The van der Waals surface area contributed by atoms with Gasteiger partial charge >= 0.3 is 6.18 Å². The van der Waals surface area contributed by atoms with Gasteiger partial charge in [0.05, 0.1) is 33.9 Å². The van der Waals surface area contributed by atoms with Crippen molar-refractivity contribution in [3.63, 3.8) is 0 Å². The summed E-state index contributed by atoms with van der Waals surface area (Å²) in [6.45, 7) is 4.26. The standard InChI is InChI=1S/C39H34ClF3N12O4/c1-3-29-32(52-11-13-53(14-12-52)36(57)31-33(22(2)45-21-46-31)59-20-23-7-5-4-6-8-23)37(58)55-38(49-35(51-55)24-15-25-18-47-50-34(25)44-17-24)54(29)19-30(56)48-28-10-9-26(16-27(28)40)39(41,42)43/h4-10,15-18,21H,3,11-14,19-20H2,1-2H3,(H,48,56)(H,44,47,50). The SMILES string of the molecule is CCc1c(N2CCN(C(=O)c3ncnc(C)c3OCc3ccccc3)CC2)c(=O)n2nc(-c3cnc4[nH]ncc4c3)nc2n1CC(=O)Nc1ccc(C(F)(F)F)cc1Cl. The van der Waals surface area contributed by atoms with Gasteiger partial charge in [0, 0.05) is 43.3 Å². The Morgan fingerprint density at radius 3 is 2.51 bits per heavy atom. The van der Waals surface area contributed by atoms with E-state index in [1.165, 1.54) is 12.5 Å². The molecule has 0 spiro atoms. The number of carbonyl (C=O) groups is 2. The lowest BCUT2D eigenvalue weighted by Crippen LogP contribution is -2.51. The molecule has 59 heavy (non-hydrogen) atoms. The number of fused-ring (bicyclic) bond motifs is 2. The fourth-order valence-electron chi connectivity index (χ4n) is 6.94. The van der Waals surface area contributed by atoms with E-state index in [-0.39, 0.29) is 84.6 Å². The molecule has 20 heteroatoms. The van der Waals surface area contributed by atoms with Crippen LogP contribution in [0.3, 0.4) is 0 Å². The topological polar surface area (TPSA) is 181 Å². The predicted octanol–water partition coefficient (Wildman–Crippen LogP) is 5.34. The van der Waals surface area contributed by atoms with Crippen molar-refractivity contribution in [1.29, 1.82) is 0 Å². The van der Waals surface area contributed by atoms with Crippen molar-refractivity contribution in [3.8, 4) is 17.1 Å². The highest BCUT2D eigenvalue weighted by Crippen LogP contribution is 2.34. The van der Waals surface area contributed by atoms with E-state index in [1.54, 1.807) is 28.7 Å². The summed E-state index contributed by atoms with van der Waals surface area (Å²) in [4.78, 5) is 63.1. The maximum Gasteiger partial charge on any atom is 0.416 e. The lowest BCUT2D eigenvalue weighted by Gasteiger charge is -2.36. The molecule has 7 aromatic rings. The third-order valence-electron chi connectivity index (χ3n) is 9.88. The third-order valence-corrected chi connectivity index (χ3v) is 10.2. The summed E-state index contributed by atoms with van der Waals surface area (Å²) >= 11 is 6.17. The number of aryl methyl sites for hydroxylation is 1. The molecule has 302 valence electrons. The summed E-state index contributed by atoms with van der Waals surface area (Å²) in [5, 5.41) is 14.3. The quantitative estimate of drug-likeness (QED) is 0.182. The minimum Gasteiger partial charge on any atom is -0.485 e. The van der Waals surface area contributed by atoms with Gasteiger partial charge in [-0.3, -0.25) is 19.5 Å². The van der Waals surface area contributed by atoms with E-state index in [0.717, 1.165) is 28.3 Å². The number of anilines is 2. The second kappa shape index (κ2) is 15.8. The van der Waals surface area contributed by atoms with Crippen LogP contribution in [-0.4, -0.2) is 87.2 Å². The van der Waals surface area contributed by atoms with Gasteiger partial charge in [-0.1, -0.05) is 48.9 Å². The summed E-state index contributed by atoms with van der Waals surface area (Å²) in [5.41, 5.74) is 1.75. The zero-order chi connectivity index (χ0) is 41.4. The smallest absolute Gasteiger partial charge is 0.416 e. The zero-order valence-electron chi connectivity index (χ0n) is 31.5. The number of ether oxygens (including phenoxy) is 1. The van der Waals surface area contributed by atoms with E-state index >= 15 is 0 Å². The molecule has 0 bridgehead atoms. The zero-order valence-corrected chi connectivity index (χ0v) is 32.3. The Hall–Kier alpha value is -6.89. The van der Waals surface area contributed by atoms with Gasteiger partial charge in [0.25, 0.3) is 11.5 Å². The molecule has 0 unspecified atom stereocenters. The molecule has 16 nitrogen and oxygen atoms in total. The first-order valence-corrected chi connectivity index (χ1v) is 18.8. The van der Waals surface area contributed by atoms with E-state index < -0.39 is 29.8 Å². The van der Waals surface area contributed by atoms with Crippen molar-refractivity contribution in [3.05, 3.63) is 117 Å². The molecule has 1 aliphatic rings. The third kappa shape index (κ3) is 7.75. The van der Waals surface area contributed by atoms with Crippen LogP contribution in [0.4, 0.5) is 24.5 Å². The second-order valence-electron chi connectivity index (χ2n) is 13.7. The van der Waals surface area contributed by atoms with Gasteiger partial charge in [-0.2, -0.15) is 27.8 Å². The summed E-state index contributed by atoms with van der Waals surface area (Å²) in [6.07, 6.45) is 0.0629. The molecule has 0 saturated carbocycles. The Labute approximate surface area is 337 Å². The molecule has 6 heterocycles. The largest absolute Gasteiger partial charge is 0.485 e. The summed E-state index contributed by atoms with van der Waals surface area (Å²) < 4.78 is 48.6. The highest BCUT2D eigenvalue weighted by atomic mass is 35.5. The number of aromatic amines is 1. The normalized spacial score (nSPS) is 13.3. The molecule has 0 atom stereocenters. The first kappa shape index (κ1) is 39.0. The van der Waals surface area contributed by atoms with E-state index in [0.29, 0.717) is 28.0 Å². The summed E-state index contributed by atoms with van der Waals surface area (Å²) in [5.74, 6) is -0.528. The molecule has 1 aliphatic heterocycles. The van der Waals surface area contributed by atoms with Crippen molar-refractivity contribution in [2.24, 2.45) is 0 Å². The highest BCUT2D eigenvalue weighted by Gasteiger charge is 2.33. The van der Waals surface area contributed by atoms with Gasteiger partial charge in [-0.25, -0.2) is 15.0 Å². The minimum atomic E-state index is -4.63. The molecule has 2 aromatic carbocycles. The molecular formula is C39H34ClF3N12O4. The van der Waals surface area contributed by atoms with Crippen molar-refractivity contribution in [2.75, 3.05) is 36.4 Å². The molecule has 2 amide bonds. The van der Waals surface area contributed by atoms with Crippen LogP contribution in [0, 0.1) is 6.92 Å². The number of benzene rings is 2. The maximum atomic E-state index is 14.5. The lowest BCUT2D eigenvalue weighted by atomic mass is 10.2. The second-order valence-corrected chi connectivity index (χ2v) is 14.1. The number of hydrogen-bond donors (Lipinski definition) is 2. The van der Waals surface area contributed by atoms with E-state index in [4.69, 9.17) is 16.3 Å². The molecule has 1 saturated heterocycles. The Morgan fingerprint density at radius 2 is 1.78 bits per heavy atom. The number of H-pyrrole nitrogens is 1. The molecule has 5 aromatic heterocycles. The van der Waals surface area contributed by atoms with Crippen LogP contribution in [-0.2, 0) is 30.5 Å². The molecule has 1 fully saturated rings. The van der Waals surface area contributed by atoms with E-state index in [9.17, 15) is 27.6 Å². The number of hydrogen-bond acceptors (Lipinski definition) is 11. The Morgan fingerprint density at radius 1 is 1.00 bits per heavy atom. The molecule has 0 radical (unpaired) electrons. The summed E-state index contributed by atoms with van der Waals surface area (Å²) in [7, 11) is 0. The van der Waals surface area contributed by atoms with Crippen LogP contribution in [0.1, 0.15) is 39.9 Å². The fourth-order valence-corrected chi connectivity index (χ4v) is 7.16. The highest BCUT2D eigenvalue weighted by molar-refractivity contribution is 6.33. The number of halogens is 4. The Balaban J connectivity index is 1.11. The first-order valence-electron chi connectivity index (χ1n) is 18.4. The van der Waals surface area contributed by atoms with Crippen LogP contribution < -0.4 is 20.5 Å². The fraction of sp³-hybridized carbons (Fsp3) is 0.256. The number of alkyl halides is 3. The average Bonchev–Trinajstić information content (AvgIpc) is 3.90. The van der Waals surface area contributed by atoms with E-state index in [1.807, 2.05) is 42.2 Å². The van der Waals surface area contributed by atoms with Gasteiger partial charge < -0.3 is 24.4 Å². The molecule has 2 N–H and O–H groups in total. The van der Waals surface area contributed by atoms with Crippen molar-refractivity contribution in [1.82, 2.24) is 49.2 Å². The van der Waals surface area contributed by atoms with Gasteiger partial charge in [0.1, 0.15) is 25.2 Å². The molecular weight excluding hydrogens is 793 g/mol. The number of piperazine rings is 1. The number of rotatable bonds is 10. The Kier molecular flexibility index (Phi) is 10.4. The number of amides is 2. The summed E-state index contributed by atoms with van der Waals surface area (Å²) in [6, 6.07) is 13.9. The maximum absolute atomic E-state index is 14.5. The first-order chi connectivity index (χ1) is 28.4. The minimum absolute atomic E-state index is 0.0325. The van der Waals surface area contributed by atoms with Gasteiger partial charge in [-0.05, 0) is 43.2 Å². The van der Waals surface area contributed by atoms with Crippen molar-refractivity contribution >= 4 is 51.6 Å². The molecule has 0 aliphatic carbocycles. The number of carbonyl (C=O) groups excluding carboxylic acids is 2. The van der Waals surface area contributed by atoms with Crippen LogP contribution in [0.15, 0.2) is 78.1 Å². The van der Waals surface area contributed by atoms with Crippen LogP contribution in [0.5, 0.6) is 5.75 Å². The number of aromatic nitrogens is 9. The van der Waals surface area contributed by atoms with Crippen molar-refractivity contribution < 1.29 is 27.5 Å². The lowest BCUT2D eigenvalue weighted by molar-refractivity contribution is -0.137. The van der Waals surface area contributed by atoms with Gasteiger partial charge in [-0.15, -0.1) is 5.10 Å². The van der Waals surface area contributed by atoms with E-state index in [2.05, 4.69) is 40.5 Å². The Bertz CT molecular complexity index is 2780. The number of pyridine rings is 1. The average molecular weight is 827 g/mol. The van der Waals surface area contributed by atoms with Crippen molar-refractivity contribution in [2.45, 2.75) is 39.6 Å². The van der Waals surface area contributed by atoms with Crippen LogP contribution in [0.2, 0.25) is 5.02 Å². The predicted molar refractivity (Wildman–Crippen MR) is 210 cm³/mol. The van der Waals surface area contributed by atoms with Crippen LogP contribution >= 0.6 is 11.6 Å². The molecule has 8 rings (SSSR count). The van der Waals surface area contributed by atoms with Crippen LogP contribution in [0.25, 0.3) is 28.2 Å². The van der Waals surface area contributed by atoms with Gasteiger partial charge in [0.2, 0.25) is 11.7 Å². The number of nitrogens with zero attached hydrogens (tertiary/aromatic N) is 10.